The fourth-order valence-corrected chi connectivity index (χ4v) is 8.11. The lowest BCUT2D eigenvalue weighted by molar-refractivity contribution is -0.122. The van der Waals surface area contributed by atoms with Gasteiger partial charge in [0.25, 0.3) is 0 Å². The van der Waals surface area contributed by atoms with Crippen molar-refractivity contribution >= 4 is 26.5 Å². The predicted molar refractivity (Wildman–Crippen MR) is 165 cm³/mol. The third-order valence-electron chi connectivity index (χ3n) is 8.68. The van der Waals surface area contributed by atoms with Gasteiger partial charge in [0.15, 0.2) is 9.84 Å². The fourth-order valence-electron chi connectivity index (χ4n) is 6.49. The number of likely N-dealkylation sites (tertiary alicyclic amines) is 1. The molecule has 0 saturated carbocycles. The summed E-state index contributed by atoms with van der Waals surface area (Å²) in [6.07, 6.45) is 5.85. The number of hydrogen-bond acceptors (Lipinski definition) is 4. The van der Waals surface area contributed by atoms with Crippen molar-refractivity contribution in [3.05, 3.63) is 113 Å². The SMILES string of the molecule is O=C(C[C@H](CS(=O)(=O)c1ccc2ccccc2c1)c1ccccc1)N[C@@H]1CCc2cc(CN3CCCCC3)ccc21. The minimum Gasteiger partial charge on any atom is -0.349 e. The van der Waals surface area contributed by atoms with Gasteiger partial charge in [-0.3, -0.25) is 9.69 Å². The third kappa shape index (κ3) is 6.55. The Morgan fingerprint density at radius 3 is 2.41 bits per heavy atom. The summed E-state index contributed by atoms with van der Waals surface area (Å²) in [6.45, 7) is 3.35. The van der Waals surface area contributed by atoms with Gasteiger partial charge in [0.05, 0.1) is 16.7 Å². The Morgan fingerprint density at radius 1 is 0.854 bits per heavy atom. The number of carbonyl (C=O) groups excluding carboxylic acids is 1. The predicted octanol–water partition coefficient (Wildman–Crippen LogP) is 6.58. The van der Waals surface area contributed by atoms with E-state index in [1.54, 1.807) is 12.1 Å². The average molecular weight is 567 g/mol. The third-order valence-corrected chi connectivity index (χ3v) is 10.5. The number of piperidine rings is 1. The van der Waals surface area contributed by atoms with Crippen molar-refractivity contribution in [1.29, 1.82) is 0 Å². The maximum Gasteiger partial charge on any atom is 0.221 e. The number of nitrogens with zero attached hydrogens (tertiary/aromatic N) is 1. The lowest BCUT2D eigenvalue weighted by Gasteiger charge is -2.26. The smallest absolute Gasteiger partial charge is 0.221 e. The Bertz CT molecular complexity index is 1630. The summed E-state index contributed by atoms with van der Waals surface area (Å²) in [5, 5.41) is 5.13. The van der Waals surface area contributed by atoms with Crippen molar-refractivity contribution in [1.82, 2.24) is 10.2 Å². The van der Waals surface area contributed by atoms with Gasteiger partial charge in [-0.05, 0) is 83.9 Å². The van der Waals surface area contributed by atoms with E-state index in [1.807, 2.05) is 60.7 Å². The highest BCUT2D eigenvalue weighted by atomic mass is 32.2. The molecule has 2 aliphatic rings. The monoisotopic (exact) mass is 566 g/mol. The molecule has 1 amide bonds. The fraction of sp³-hybridized carbons (Fsp3) is 0.343. The Balaban J connectivity index is 1.15. The number of sulfone groups is 1. The molecule has 0 bridgehead atoms. The second-order valence-electron chi connectivity index (χ2n) is 11.6. The zero-order chi connectivity index (χ0) is 28.2. The van der Waals surface area contributed by atoms with Gasteiger partial charge in [-0.1, -0.05) is 85.3 Å². The van der Waals surface area contributed by atoms with Gasteiger partial charge in [-0.2, -0.15) is 0 Å². The molecule has 2 atom stereocenters. The van der Waals surface area contributed by atoms with Crippen LogP contribution in [-0.4, -0.2) is 38.1 Å². The number of amides is 1. The molecule has 1 fully saturated rings. The van der Waals surface area contributed by atoms with Crippen LogP contribution in [0.5, 0.6) is 0 Å². The summed E-state index contributed by atoms with van der Waals surface area (Å²) < 4.78 is 27.2. The Labute approximate surface area is 243 Å². The van der Waals surface area contributed by atoms with Crippen LogP contribution in [0.15, 0.2) is 95.9 Å². The van der Waals surface area contributed by atoms with Crippen molar-refractivity contribution in [2.45, 2.75) is 61.9 Å². The van der Waals surface area contributed by atoms with Crippen molar-refractivity contribution in [2.75, 3.05) is 18.8 Å². The van der Waals surface area contributed by atoms with Gasteiger partial charge < -0.3 is 5.32 Å². The molecular weight excluding hydrogens is 528 g/mol. The Kier molecular flexibility index (Phi) is 8.22. The highest BCUT2D eigenvalue weighted by Crippen LogP contribution is 2.33. The lowest BCUT2D eigenvalue weighted by atomic mass is 9.97. The minimum absolute atomic E-state index is 0.0324. The molecule has 41 heavy (non-hydrogen) atoms. The largest absolute Gasteiger partial charge is 0.349 e. The molecule has 0 unspecified atom stereocenters. The number of benzene rings is 4. The molecule has 1 aliphatic heterocycles. The van der Waals surface area contributed by atoms with Crippen LogP contribution >= 0.6 is 0 Å². The number of carbonyl (C=O) groups is 1. The molecule has 1 saturated heterocycles. The molecular formula is C35H38N2O3S. The molecule has 5 nitrogen and oxygen atoms in total. The van der Waals surface area contributed by atoms with Crippen LogP contribution in [0, 0.1) is 0 Å². The first kappa shape index (κ1) is 27.7. The summed E-state index contributed by atoms with van der Waals surface area (Å²) >= 11 is 0. The zero-order valence-corrected chi connectivity index (χ0v) is 24.3. The van der Waals surface area contributed by atoms with Gasteiger partial charge in [-0.15, -0.1) is 0 Å². The van der Waals surface area contributed by atoms with Gasteiger partial charge in [0, 0.05) is 18.9 Å². The van der Waals surface area contributed by atoms with Crippen molar-refractivity contribution < 1.29 is 13.2 Å². The van der Waals surface area contributed by atoms with Crippen LogP contribution in [-0.2, 0) is 27.6 Å². The molecule has 1 N–H and O–H groups in total. The molecule has 6 heteroatoms. The maximum atomic E-state index is 13.6. The van der Waals surface area contributed by atoms with Gasteiger partial charge >= 0.3 is 0 Å². The number of rotatable bonds is 9. The Morgan fingerprint density at radius 2 is 1.61 bits per heavy atom. The molecule has 0 spiro atoms. The van der Waals surface area contributed by atoms with Crippen molar-refractivity contribution in [3.63, 3.8) is 0 Å². The molecule has 4 aromatic rings. The van der Waals surface area contributed by atoms with E-state index in [2.05, 4.69) is 28.4 Å². The zero-order valence-electron chi connectivity index (χ0n) is 23.5. The number of aryl methyl sites for hydroxylation is 1. The summed E-state index contributed by atoms with van der Waals surface area (Å²) in [4.78, 5) is 16.2. The van der Waals surface area contributed by atoms with Crippen LogP contribution in [0.2, 0.25) is 0 Å². The minimum atomic E-state index is -3.62. The van der Waals surface area contributed by atoms with E-state index in [-0.39, 0.29) is 24.1 Å². The van der Waals surface area contributed by atoms with E-state index < -0.39 is 15.8 Å². The van der Waals surface area contributed by atoms with Gasteiger partial charge in [-0.25, -0.2) is 8.42 Å². The van der Waals surface area contributed by atoms with Crippen LogP contribution < -0.4 is 5.32 Å². The molecule has 212 valence electrons. The molecule has 6 rings (SSSR count). The summed E-state index contributed by atoms with van der Waals surface area (Å²) in [5.41, 5.74) is 4.73. The molecule has 0 aromatic heterocycles. The highest BCUT2D eigenvalue weighted by molar-refractivity contribution is 7.91. The van der Waals surface area contributed by atoms with Crippen LogP contribution in [0.25, 0.3) is 10.8 Å². The number of fused-ring (bicyclic) bond motifs is 2. The van der Waals surface area contributed by atoms with Crippen LogP contribution in [0.3, 0.4) is 0 Å². The highest BCUT2D eigenvalue weighted by Gasteiger charge is 2.28. The lowest BCUT2D eigenvalue weighted by Crippen LogP contribution is -2.30. The van der Waals surface area contributed by atoms with Gasteiger partial charge in [0.1, 0.15) is 0 Å². The molecule has 1 heterocycles. The second kappa shape index (κ2) is 12.2. The van der Waals surface area contributed by atoms with Gasteiger partial charge in [0.2, 0.25) is 5.91 Å². The van der Waals surface area contributed by atoms with Crippen LogP contribution in [0.4, 0.5) is 0 Å². The van der Waals surface area contributed by atoms with E-state index >= 15 is 0 Å². The number of nitrogens with one attached hydrogen (secondary N) is 1. The molecule has 1 aliphatic carbocycles. The average Bonchev–Trinajstić information content (AvgIpc) is 3.39. The van der Waals surface area contributed by atoms with Crippen molar-refractivity contribution in [3.8, 4) is 0 Å². The summed E-state index contributed by atoms with van der Waals surface area (Å²) in [6, 6.07) is 29.2. The first-order valence-electron chi connectivity index (χ1n) is 14.8. The molecule has 0 radical (unpaired) electrons. The van der Waals surface area contributed by atoms with Crippen molar-refractivity contribution in [2.24, 2.45) is 0 Å². The summed E-state index contributed by atoms with van der Waals surface area (Å²) in [5.74, 6) is -0.674. The van der Waals surface area contributed by atoms with Crippen LogP contribution in [0.1, 0.15) is 66.3 Å². The first-order chi connectivity index (χ1) is 19.9. The maximum absolute atomic E-state index is 13.6. The topological polar surface area (TPSA) is 66.5 Å². The van der Waals surface area contributed by atoms with E-state index in [9.17, 15) is 13.2 Å². The summed E-state index contributed by atoms with van der Waals surface area (Å²) in [7, 11) is -3.62. The molecule has 4 aromatic carbocycles. The first-order valence-corrected chi connectivity index (χ1v) is 16.5. The van der Waals surface area contributed by atoms with E-state index in [0.29, 0.717) is 4.90 Å². The van der Waals surface area contributed by atoms with E-state index in [1.165, 1.54) is 49.0 Å². The standard InChI is InChI=1S/C35H38N2O3S/c38-35(36-34-18-15-30-21-26(13-17-33(30)34)24-37-19-7-2-8-20-37)23-31(27-9-3-1-4-10-27)25-41(39,40)32-16-14-28-11-5-6-12-29(28)22-32/h1,3-6,9-14,16-17,21-22,31,34H,2,7-8,15,18-20,23-25H2,(H,36,38)/t31-,34-/m1/s1. The van der Waals surface area contributed by atoms with E-state index in [4.69, 9.17) is 0 Å². The Hall–Kier alpha value is -3.48. The number of hydrogen-bond donors (Lipinski definition) is 1. The quantitative estimate of drug-likeness (QED) is 0.249. The normalized spacial score (nSPS) is 18.2. The van der Waals surface area contributed by atoms with E-state index in [0.717, 1.165) is 35.7 Å². The second-order valence-corrected chi connectivity index (χ2v) is 13.7.